The van der Waals surface area contributed by atoms with Crippen LogP contribution in [0.3, 0.4) is 0 Å². The van der Waals surface area contributed by atoms with E-state index in [1.807, 2.05) is 0 Å². The molecule has 1 atom stereocenters. The van der Waals surface area contributed by atoms with E-state index in [9.17, 15) is 0 Å². The Balaban J connectivity index is 2.82. The van der Waals surface area contributed by atoms with Gasteiger partial charge in [0, 0.05) is 0 Å². The third-order valence-electron chi connectivity index (χ3n) is 2.79. The van der Waals surface area contributed by atoms with E-state index in [1.165, 1.54) is 12.0 Å². The number of aryl methyl sites for hydroxylation is 1. The van der Waals surface area contributed by atoms with Gasteiger partial charge in [0.1, 0.15) is 0 Å². The molecule has 0 heterocycles. The lowest BCUT2D eigenvalue weighted by Gasteiger charge is -2.17. The second kappa shape index (κ2) is 5.19. The Morgan fingerprint density at radius 3 is 2.29 bits per heavy atom. The summed E-state index contributed by atoms with van der Waals surface area (Å²) in [5, 5.41) is 0. The molecule has 0 aromatic heterocycles. The monoisotopic (exact) mass is 190 g/mol. The zero-order chi connectivity index (χ0) is 10.6. The van der Waals surface area contributed by atoms with Gasteiger partial charge in [0.05, 0.1) is 0 Å². The van der Waals surface area contributed by atoms with Gasteiger partial charge in [-0.3, -0.25) is 0 Å². The Morgan fingerprint density at radius 1 is 1.07 bits per heavy atom. The first-order chi connectivity index (χ1) is 6.65. The van der Waals surface area contributed by atoms with Crippen molar-refractivity contribution in [1.82, 2.24) is 0 Å². The van der Waals surface area contributed by atoms with Crippen molar-refractivity contribution >= 4 is 0 Å². The maximum Gasteiger partial charge on any atom is -0.0185 e. The van der Waals surface area contributed by atoms with E-state index < -0.39 is 0 Å². The fourth-order valence-electron chi connectivity index (χ4n) is 2.17. The highest BCUT2D eigenvalue weighted by Crippen LogP contribution is 2.26. The van der Waals surface area contributed by atoms with Gasteiger partial charge in [0.15, 0.2) is 0 Å². The number of hydrogen-bond donors (Lipinski definition) is 0. The van der Waals surface area contributed by atoms with Gasteiger partial charge in [-0.25, -0.2) is 0 Å². The minimum atomic E-state index is 0.700. The van der Waals surface area contributed by atoms with E-state index in [0.717, 1.165) is 12.3 Å². The first-order valence-corrected chi connectivity index (χ1v) is 5.73. The third-order valence-corrected chi connectivity index (χ3v) is 2.79. The molecule has 0 nitrogen and oxygen atoms in total. The van der Waals surface area contributed by atoms with Crippen molar-refractivity contribution in [1.29, 1.82) is 0 Å². The second-order valence-corrected chi connectivity index (χ2v) is 4.58. The van der Waals surface area contributed by atoms with Gasteiger partial charge in [0.25, 0.3) is 0 Å². The van der Waals surface area contributed by atoms with Crippen molar-refractivity contribution in [2.45, 2.75) is 46.5 Å². The smallest absolute Gasteiger partial charge is 0.0185 e. The van der Waals surface area contributed by atoms with Crippen LogP contribution in [0, 0.1) is 5.92 Å². The quantitative estimate of drug-likeness (QED) is 0.660. The summed E-state index contributed by atoms with van der Waals surface area (Å²) in [7, 11) is 0. The lowest BCUT2D eigenvalue weighted by molar-refractivity contribution is 0.521. The SMILES string of the molecule is CCc1ccccc1C(C)CC(C)C. The van der Waals surface area contributed by atoms with Crippen LogP contribution < -0.4 is 0 Å². The van der Waals surface area contributed by atoms with Crippen LogP contribution in [0.2, 0.25) is 0 Å². The first kappa shape index (κ1) is 11.3. The molecule has 0 spiro atoms. The van der Waals surface area contributed by atoms with Crippen LogP contribution in [0.1, 0.15) is 51.2 Å². The summed E-state index contributed by atoms with van der Waals surface area (Å²) in [6.07, 6.45) is 2.44. The number of benzene rings is 1. The molecule has 0 radical (unpaired) electrons. The minimum Gasteiger partial charge on any atom is -0.0628 e. The number of rotatable bonds is 4. The molecule has 0 N–H and O–H groups in total. The molecular formula is C14H22. The van der Waals surface area contributed by atoms with Gasteiger partial charge in [-0.2, -0.15) is 0 Å². The van der Waals surface area contributed by atoms with Crippen LogP contribution in [-0.4, -0.2) is 0 Å². The molecule has 78 valence electrons. The van der Waals surface area contributed by atoms with E-state index in [-0.39, 0.29) is 0 Å². The summed E-state index contributed by atoms with van der Waals surface area (Å²) >= 11 is 0. The van der Waals surface area contributed by atoms with Gasteiger partial charge in [-0.05, 0) is 35.8 Å². The molecule has 0 aliphatic rings. The Kier molecular flexibility index (Phi) is 4.19. The van der Waals surface area contributed by atoms with Crippen molar-refractivity contribution < 1.29 is 0 Å². The lowest BCUT2D eigenvalue weighted by Crippen LogP contribution is -2.02. The van der Waals surface area contributed by atoms with Gasteiger partial charge in [-0.15, -0.1) is 0 Å². The maximum atomic E-state index is 2.34. The molecule has 0 saturated heterocycles. The van der Waals surface area contributed by atoms with Crippen molar-refractivity contribution in [3.63, 3.8) is 0 Å². The standard InChI is InChI=1S/C14H22/c1-5-13-8-6-7-9-14(13)12(4)10-11(2)3/h6-9,11-12H,5,10H2,1-4H3. The molecule has 0 amide bonds. The van der Waals surface area contributed by atoms with Crippen LogP contribution in [-0.2, 0) is 6.42 Å². The predicted molar refractivity (Wildman–Crippen MR) is 63.7 cm³/mol. The first-order valence-electron chi connectivity index (χ1n) is 5.73. The minimum absolute atomic E-state index is 0.700. The molecule has 1 aromatic rings. The third kappa shape index (κ3) is 2.87. The average Bonchev–Trinajstić information content (AvgIpc) is 2.16. The molecule has 1 unspecified atom stereocenters. The van der Waals surface area contributed by atoms with Crippen molar-refractivity contribution in [3.05, 3.63) is 35.4 Å². The van der Waals surface area contributed by atoms with Crippen LogP contribution in [0.4, 0.5) is 0 Å². The summed E-state index contributed by atoms with van der Waals surface area (Å²) in [5.74, 6) is 1.49. The molecule has 0 aliphatic carbocycles. The highest BCUT2D eigenvalue weighted by atomic mass is 14.1. The molecule has 0 aliphatic heterocycles. The van der Waals surface area contributed by atoms with Crippen molar-refractivity contribution in [2.24, 2.45) is 5.92 Å². The van der Waals surface area contributed by atoms with Crippen LogP contribution in [0.25, 0.3) is 0 Å². The van der Waals surface area contributed by atoms with E-state index in [1.54, 1.807) is 5.56 Å². The summed E-state index contributed by atoms with van der Waals surface area (Å²) < 4.78 is 0. The highest BCUT2D eigenvalue weighted by Gasteiger charge is 2.10. The fourth-order valence-corrected chi connectivity index (χ4v) is 2.17. The van der Waals surface area contributed by atoms with Crippen LogP contribution in [0.15, 0.2) is 24.3 Å². The second-order valence-electron chi connectivity index (χ2n) is 4.58. The zero-order valence-electron chi connectivity index (χ0n) is 9.88. The molecule has 0 saturated carbocycles. The van der Waals surface area contributed by atoms with Gasteiger partial charge < -0.3 is 0 Å². The average molecular weight is 190 g/mol. The molecule has 0 heteroatoms. The van der Waals surface area contributed by atoms with Gasteiger partial charge in [0.2, 0.25) is 0 Å². The lowest BCUT2D eigenvalue weighted by atomic mass is 9.88. The largest absolute Gasteiger partial charge is 0.0628 e. The van der Waals surface area contributed by atoms with E-state index in [4.69, 9.17) is 0 Å². The molecule has 0 bridgehead atoms. The summed E-state index contributed by atoms with van der Waals surface area (Å²) in [6.45, 7) is 9.17. The van der Waals surface area contributed by atoms with Gasteiger partial charge >= 0.3 is 0 Å². The molecule has 14 heavy (non-hydrogen) atoms. The molecule has 1 rings (SSSR count). The normalized spacial score (nSPS) is 13.2. The molecular weight excluding hydrogens is 168 g/mol. The van der Waals surface area contributed by atoms with E-state index in [0.29, 0.717) is 5.92 Å². The zero-order valence-corrected chi connectivity index (χ0v) is 9.88. The number of hydrogen-bond acceptors (Lipinski definition) is 0. The highest BCUT2D eigenvalue weighted by molar-refractivity contribution is 5.29. The molecule has 1 aromatic carbocycles. The van der Waals surface area contributed by atoms with Gasteiger partial charge in [-0.1, -0.05) is 52.0 Å². The molecule has 0 fully saturated rings. The topological polar surface area (TPSA) is 0 Å². The van der Waals surface area contributed by atoms with E-state index >= 15 is 0 Å². The summed E-state index contributed by atoms with van der Waals surface area (Å²) in [5.41, 5.74) is 3.06. The summed E-state index contributed by atoms with van der Waals surface area (Å²) in [6, 6.07) is 8.84. The van der Waals surface area contributed by atoms with Crippen LogP contribution >= 0.6 is 0 Å². The van der Waals surface area contributed by atoms with E-state index in [2.05, 4.69) is 52.0 Å². The Labute approximate surface area is 88.4 Å². The van der Waals surface area contributed by atoms with Crippen molar-refractivity contribution in [3.8, 4) is 0 Å². The summed E-state index contributed by atoms with van der Waals surface area (Å²) in [4.78, 5) is 0. The van der Waals surface area contributed by atoms with Crippen LogP contribution in [0.5, 0.6) is 0 Å². The maximum absolute atomic E-state index is 2.34. The Hall–Kier alpha value is -0.780. The predicted octanol–water partition coefficient (Wildman–Crippen LogP) is 4.40. The Bertz CT molecular complexity index is 273. The Morgan fingerprint density at radius 2 is 1.71 bits per heavy atom. The van der Waals surface area contributed by atoms with Crippen molar-refractivity contribution in [2.75, 3.05) is 0 Å². The fraction of sp³-hybridized carbons (Fsp3) is 0.571.